The highest BCUT2D eigenvalue weighted by Gasteiger charge is 2.32. The van der Waals surface area contributed by atoms with Crippen LogP contribution in [0.5, 0.6) is 5.75 Å². The van der Waals surface area contributed by atoms with Crippen molar-refractivity contribution in [1.82, 2.24) is 5.32 Å². The molecule has 0 amide bonds. The summed E-state index contributed by atoms with van der Waals surface area (Å²) in [6.07, 6.45) is 9.13. The van der Waals surface area contributed by atoms with E-state index in [4.69, 9.17) is 16.3 Å². The predicted molar refractivity (Wildman–Crippen MR) is 90.4 cm³/mol. The molecule has 1 aromatic carbocycles. The molecule has 1 aliphatic carbocycles. The number of benzene rings is 1. The van der Waals surface area contributed by atoms with Crippen molar-refractivity contribution in [1.29, 1.82) is 0 Å². The van der Waals surface area contributed by atoms with E-state index in [2.05, 4.69) is 18.3 Å². The topological polar surface area (TPSA) is 21.3 Å². The second kappa shape index (κ2) is 8.05. The summed E-state index contributed by atoms with van der Waals surface area (Å²) in [4.78, 5) is 0. The molecule has 0 aliphatic heterocycles. The molecule has 0 atom stereocenters. The fraction of sp³-hybridized carbons (Fsp3) is 0.667. The van der Waals surface area contributed by atoms with Gasteiger partial charge in [-0.25, -0.2) is 0 Å². The van der Waals surface area contributed by atoms with E-state index in [1.54, 1.807) is 7.11 Å². The van der Waals surface area contributed by atoms with Gasteiger partial charge in [0.2, 0.25) is 0 Å². The van der Waals surface area contributed by atoms with Crippen LogP contribution in [0.4, 0.5) is 0 Å². The van der Waals surface area contributed by atoms with Gasteiger partial charge in [0.05, 0.1) is 7.11 Å². The number of rotatable bonds is 8. The third-order valence-corrected chi connectivity index (χ3v) is 5.15. The Kier molecular flexibility index (Phi) is 6.38. The Labute approximate surface area is 134 Å². The van der Waals surface area contributed by atoms with Crippen LogP contribution in [0, 0.1) is 5.41 Å². The lowest BCUT2D eigenvalue weighted by Gasteiger charge is -2.29. The van der Waals surface area contributed by atoms with Crippen molar-refractivity contribution < 1.29 is 4.74 Å². The fourth-order valence-electron chi connectivity index (χ4n) is 3.62. The fourth-order valence-corrected chi connectivity index (χ4v) is 3.82. The molecule has 1 fully saturated rings. The van der Waals surface area contributed by atoms with Gasteiger partial charge in [0.15, 0.2) is 0 Å². The summed E-state index contributed by atoms with van der Waals surface area (Å²) in [5.41, 5.74) is 1.77. The summed E-state index contributed by atoms with van der Waals surface area (Å²) in [6.45, 7) is 4.39. The van der Waals surface area contributed by atoms with E-state index < -0.39 is 0 Å². The van der Waals surface area contributed by atoms with E-state index in [9.17, 15) is 0 Å². The predicted octanol–water partition coefficient (Wildman–Crippen LogP) is 4.84. The van der Waals surface area contributed by atoms with E-state index in [0.717, 1.165) is 30.3 Å². The standard InChI is InChI=1S/C18H28ClNO/c1-3-20-13-12-18(9-4-5-10-18)11-8-15-14-16(19)6-7-17(15)21-2/h6-7,14,20H,3-5,8-13H2,1-2H3. The number of ether oxygens (including phenoxy) is 1. The summed E-state index contributed by atoms with van der Waals surface area (Å²) < 4.78 is 5.48. The van der Waals surface area contributed by atoms with Gasteiger partial charge in [-0.05, 0) is 74.4 Å². The van der Waals surface area contributed by atoms with E-state index in [0.29, 0.717) is 5.41 Å². The van der Waals surface area contributed by atoms with Crippen LogP contribution in [-0.2, 0) is 6.42 Å². The molecular weight excluding hydrogens is 282 g/mol. The maximum absolute atomic E-state index is 6.14. The van der Waals surface area contributed by atoms with Crippen molar-refractivity contribution in [2.45, 2.75) is 51.9 Å². The zero-order valence-electron chi connectivity index (χ0n) is 13.4. The first-order valence-electron chi connectivity index (χ1n) is 8.22. The van der Waals surface area contributed by atoms with Gasteiger partial charge in [0.1, 0.15) is 5.75 Å². The van der Waals surface area contributed by atoms with Crippen molar-refractivity contribution in [3.8, 4) is 5.75 Å². The van der Waals surface area contributed by atoms with Gasteiger partial charge >= 0.3 is 0 Å². The normalized spacial score (nSPS) is 17.1. The summed E-state index contributed by atoms with van der Waals surface area (Å²) in [6, 6.07) is 5.95. The van der Waals surface area contributed by atoms with Crippen LogP contribution in [0.15, 0.2) is 18.2 Å². The highest BCUT2D eigenvalue weighted by molar-refractivity contribution is 6.30. The van der Waals surface area contributed by atoms with Crippen LogP contribution < -0.4 is 10.1 Å². The molecule has 0 spiro atoms. The first-order valence-corrected chi connectivity index (χ1v) is 8.60. The van der Waals surface area contributed by atoms with Gasteiger partial charge in [-0.2, -0.15) is 0 Å². The molecule has 0 heterocycles. The van der Waals surface area contributed by atoms with Gasteiger partial charge in [-0.3, -0.25) is 0 Å². The summed E-state index contributed by atoms with van der Waals surface area (Å²) >= 11 is 6.14. The first kappa shape index (κ1) is 16.6. The minimum atomic E-state index is 0.523. The Morgan fingerprint density at radius 1 is 1.24 bits per heavy atom. The minimum absolute atomic E-state index is 0.523. The van der Waals surface area contributed by atoms with Crippen molar-refractivity contribution in [2.24, 2.45) is 5.41 Å². The summed E-state index contributed by atoms with van der Waals surface area (Å²) in [5.74, 6) is 0.972. The van der Waals surface area contributed by atoms with Crippen LogP contribution in [-0.4, -0.2) is 20.2 Å². The molecule has 3 heteroatoms. The number of methoxy groups -OCH3 is 1. The Morgan fingerprint density at radius 2 is 2.00 bits per heavy atom. The first-order chi connectivity index (χ1) is 10.2. The molecule has 0 bridgehead atoms. The Balaban J connectivity index is 2.00. The Morgan fingerprint density at radius 3 is 2.67 bits per heavy atom. The molecule has 2 nitrogen and oxygen atoms in total. The molecule has 0 saturated heterocycles. The lowest BCUT2D eigenvalue weighted by molar-refractivity contribution is 0.245. The molecule has 118 valence electrons. The van der Waals surface area contributed by atoms with Crippen molar-refractivity contribution in [3.05, 3.63) is 28.8 Å². The van der Waals surface area contributed by atoms with Crippen molar-refractivity contribution in [2.75, 3.05) is 20.2 Å². The van der Waals surface area contributed by atoms with Crippen LogP contribution in [0.3, 0.4) is 0 Å². The molecule has 21 heavy (non-hydrogen) atoms. The van der Waals surface area contributed by atoms with Gasteiger partial charge in [-0.15, -0.1) is 0 Å². The lowest BCUT2D eigenvalue weighted by atomic mass is 9.77. The number of hydrogen-bond donors (Lipinski definition) is 1. The van der Waals surface area contributed by atoms with Crippen LogP contribution >= 0.6 is 11.6 Å². The van der Waals surface area contributed by atoms with Gasteiger partial charge in [-0.1, -0.05) is 31.4 Å². The van der Waals surface area contributed by atoms with Gasteiger partial charge in [0.25, 0.3) is 0 Å². The smallest absolute Gasteiger partial charge is 0.122 e. The number of nitrogens with one attached hydrogen (secondary N) is 1. The Bertz CT molecular complexity index is 441. The number of hydrogen-bond acceptors (Lipinski definition) is 2. The molecule has 0 unspecified atom stereocenters. The molecular formula is C18H28ClNO. The number of aryl methyl sites for hydroxylation is 1. The van der Waals surface area contributed by atoms with E-state index >= 15 is 0 Å². The maximum atomic E-state index is 6.14. The molecule has 1 N–H and O–H groups in total. The van der Waals surface area contributed by atoms with Gasteiger partial charge < -0.3 is 10.1 Å². The highest BCUT2D eigenvalue weighted by Crippen LogP contribution is 2.45. The molecule has 1 aliphatic rings. The zero-order chi connectivity index (χ0) is 15.1. The SMILES string of the molecule is CCNCCC1(CCc2cc(Cl)ccc2OC)CCCC1. The average molecular weight is 310 g/mol. The second-order valence-corrected chi connectivity index (χ2v) is 6.70. The molecule has 1 saturated carbocycles. The second-order valence-electron chi connectivity index (χ2n) is 6.27. The van der Waals surface area contributed by atoms with E-state index in [1.807, 2.05) is 12.1 Å². The van der Waals surface area contributed by atoms with Crippen LogP contribution in [0.25, 0.3) is 0 Å². The van der Waals surface area contributed by atoms with Crippen molar-refractivity contribution >= 4 is 11.6 Å². The Hall–Kier alpha value is -0.730. The largest absolute Gasteiger partial charge is 0.496 e. The zero-order valence-corrected chi connectivity index (χ0v) is 14.1. The maximum Gasteiger partial charge on any atom is 0.122 e. The quantitative estimate of drug-likeness (QED) is 0.694. The molecule has 0 aromatic heterocycles. The van der Waals surface area contributed by atoms with Crippen LogP contribution in [0.2, 0.25) is 5.02 Å². The monoisotopic (exact) mass is 309 g/mol. The highest BCUT2D eigenvalue weighted by atomic mass is 35.5. The molecule has 0 radical (unpaired) electrons. The van der Waals surface area contributed by atoms with Crippen molar-refractivity contribution in [3.63, 3.8) is 0 Å². The molecule has 2 rings (SSSR count). The third kappa shape index (κ3) is 4.62. The number of halogens is 1. The van der Waals surface area contributed by atoms with E-state index in [1.165, 1.54) is 44.1 Å². The van der Waals surface area contributed by atoms with Gasteiger partial charge in [0, 0.05) is 5.02 Å². The summed E-state index contributed by atoms with van der Waals surface area (Å²) in [7, 11) is 1.74. The third-order valence-electron chi connectivity index (χ3n) is 4.91. The minimum Gasteiger partial charge on any atom is -0.496 e. The molecule has 1 aromatic rings. The average Bonchev–Trinajstić information content (AvgIpc) is 2.95. The summed E-state index contributed by atoms with van der Waals surface area (Å²) in [5, 5.41) is 4.29. The lowest BCUT2D eigenvalue weighted by Crippen LogP contribution is -2.25. The van der Waals surface area contributed by atoms with E-state index in [-0.39, 0.29) is 0 Å². The van der Waals surface area contributed by atoms with Crippen LogP contribution in [0.1, 0.15) is 51.0 Å².